The van der Waals surface area contributed by atoms with Gasteiger partial charge in [-0.05, 0) is 31.5 Å². The summed E-state index contributed by atoms with van der Waals surface area (Å²) in [5.74, 6) is -1.68. The van der Waals surface area contributed by atoms with Crippen LogP contribution in [0.25, 0.3) is 0 Å². The largest absolute Gasteiger partial charge is 0.481 e. The lowest BCUT2D eigenvalue weighted by atomic mass is 10.0. The number of aliphatic carboxylic acids is 1. The van der Waals surface area contributed by atoms with E-state index < -0.39 is 28.0 Å². The Kier molecular flexibility index (Phi) is 3.79. The number of hydrogen-bond donors (Lipinski definition) is 1. The molecule has 0 saturated carbocycles. The Morgan fingerprint density at radius 3 is 2.75 bits per heavy atom. The van der Waals surface area contributed by atoms with Crippen molar-refractivity contribution in [2.75, 3.05) is 6.54 Å². The first-order chi connectivity index (χ1) is 9.37. The van der Waals surface area contributed by atoms with Crippen LogP contribution < -0.4 is 0 Å². The van der Waals surface area contributed by atoms with Crippen LogP contribution in [0, 0.1) is 17.2 Å². The zero-order valence-electron chi connectivity index (χ0n) is 10.9. The van der Waals surface area contributed by atoms with Gasteiger partial charge in [0.15, 0.2) is 0 Å². The molecule has 106 valence electrons. The van der Waals surface area contributed by atoms with E-state index in [1.54, 1.807) is 6.92 Å². The van der Waals surface area contributed by atoms with Gasteiger partial charge in [-0.1, -0.05) is 6.07 Å². The second-order valence-corrected chi connectivity index (χ2v) is 6.62. The Morgan fingerprint density at radius 2 is 2.20 bits per heavy atom. The zero-order chi connectivity index (χ0) is 14.9. The molecule has 0 bridgehead atoms. The van der Waals surface area contributed by atoms with Gasteiger partial charge < -0.3 is 5.11 Å². The van der Waals surface area contributed by atoms with Gasteiger partial charge in [0, 0.05) is 12.6 Å². The highest BCUT2D eigenvalue weighted by Gasteiger charge is 2.42. The first-order valence-corrected chi connectivity index (χ1v) is 7.56. The van der Waals surface area contributed by atoms with E-state index in [1.165, 1.54) is 28.6 Å². The molecule has 2 atom stereocenters. The van der Waals surface area contributed by atoms with Crippen LogP contribution in [0.2, 0.25) is 0 Å². The minimum absolute atomic E-state index is 0.0226. The van der Waals surface area contributed by atoms with E-state index in [0.717, 1.165) is 0 Å². The normalized spacial score (nSPS) is 23.4. The summed E-state index contributed by atoms with van der Waals surface area (Å²) < 4.78 is 26.2. The summed E-state index contributed by atoms with van der Waals surface area (Å²) in [5.41, 5.74) is 0.257. The van der Waals surface area contributed by atoms with Crippen LogP contribution in [0.1, 0.15) is 18.9 Å². The van der Waals surface area contributed by atoms with Crippen molar-refractivity contribution in [2.24, 2.45) is 5.92 Å². The molecular formula is C13H14N2O4S. The second kappa shape index (κ2) is 5.23. The summed E-state index contributed by atoms with van der Waals surface area (Å²) >= 11 is 0. The van der Waals surface area contributed by atoms with Crippen molar-refractivity contribution in [3.63, 3.8) is 0 Å². The molecule has 2 rings (SSSR count). The summed E-state index contributed by atoms with van der Waals surface area (Å²) in [6.07, 6.45) is 0.299. The van der Waals surface area contributed by atoms with E-state index in [-0.39, 0.29) is 17.0 Å². The highest BCUT2D eigenvalue weighted by molar-refractivity contribution is 7.89. The molecule has 20 heavy (non-hydrogen) atoms. The van der Waals surface area contributed by atoms with Crippen LogP contribution in [0.3, 0.4) is 0 Å². The first kappa shape index (κ1) is 14.5. The molecule has 1 aromatic rings. The third-order valence-electron chi connectivity index (χ3n) is 3.58. The molecule has 0 aliphatic carbocycles. The highest BCUT2D eigenvalue weighted by atomic mass is 32.2. The molecule has 1 N–H and O–H groups in total. The zero-order valence-corrected chi connectivity index (χ0v) is 11.7. The average molecular weight is 294 g/mol. The fourth-order valence-corrected chi connectivity index (χ4v) is 4.17. The summed E-state index contributed by atoms with van der Waals surface area (Å²) in [4.78, 5) is 11.1. The molecule has 0 amide bonds. The molecule has 0 spiro atoms. The van der Waals surface area contributed by atoms with Gasteiger partial charge in [0.05, 0.1) is 22.4 Å². The Hall–Kier alpha value is -1.91. The van der Waals surface area contributed by atoms with Crippen LogP contribution in [0.5, 0.6) is 0 Å². The van der Waals surface area contributed by atoms with Crippen LogP contribution in [0.4, 0.5) is 0 Å². The number of sulfonamides is 1. The predicted molar refractivity (Wildman–Crippen MR) is 70.3 cm³/mol. The number of carbonyl (C=O) groups is 1. The van der Waals surface area contributed by atoms with Crippen LogP contribution in [-0.4, -0.2) is 36.4 Å². The maximum atomic E-state index is 12.5. The summed E-state index contributed by atoms with van der Waals surface area (Å²) in [7, 11) is -3.77. The van der Waals surface area contributed by atoms with E-state index in [2.05, 4.69) is 0 Å². The van der Waals surface area contributed by atoms with Crippen molar-refractivity contribution in [2.45, 2.75) is 24.3 Å². The lowest BCUT2D eigenvalue weighted by molar-refractivity contribution is -0.142. The second-order valence-electron chi connectivity index (χ2n) is 4.73. The number of rotatable bonds is 3. The van der Waals surface area contributed by atoms with E-state index in [1.807, 2.05) is 6.07 Å². The van der Waals surface area contributed by atoms with Gasteiger partial charge >= 0.3 is 5.97 Å². The molecule has 1 aliphatic heterocycles. The van der Waals surface area contributed by atoms with Crippen molar-refractivity contribution in [1.82, 2.24) is 4.31 Å². The monoisotopic (exact) mass is 294 g/mol. The third kappa shape index (κ3) is 2.40. The van der Waals surface area contributed by atoms with Crippen molar-refractivity contribution in [3.8, 4) is 6.07 Å². The number of nitrogens with zero attached hydrogens (tertiary/aromatic N) is 2. The summed E-state index contributed by atoms with van der Waals surface area (Å²) in [6, 6.07) is 7.03. The van der Waals surface area contributed by atoms with E-state index >= 15 is 0 Å². The Balaban J connectivity index is 2.37. The SMILES string of the molecule is CC1C(C(=O)O)CCN1S(=O)(=O)c1cccc(C#N)c1. The van der Waals surface area contributed by atoms with Gasteiger partial charge in [0.2, 0.25) is 10.0 Å². The number of carboxylic acid groups (broad SMARTS) is 1. The smallest absolute Gasteiger partial charge is 0.308 e. The lowest BCUT2D eigenvalue weighted by Gasteiger charge is -2.22. The maximum absolute atomic E-state index is 12.5. The van der Waals surface area contributed by atoms with Crippen LogP contribution in [0.15, 0.2) is 29.2 Å². The number of nitriles is 1. The standard InChI is InChI=1S/C13H14N2O4S/c1-9-12(13(16)17)5-6-15(9)20(18,19)11-4-2-3-10(7-11)8-14/h2-4,7,9,12H,5-6H2,1H3,(H,16,17). The van der Waals surface area contributed by atoms with Crippen molar-refractivity contribution in [1.29, 1.82) is 5.26 Å². The van der Waals surface area contributed by atoms with Crippen LogP contribution in [-0.2, 0) is 14.8 Å². The van der Waals surface area contributed by atoms with Crippen molar-refractivity contribution >= 4 is 16.0 Å². The Bertz CT molecular complexity index is 678. The maximum Gasteiger partial charge on any atom is 0.308 e. The van der Waals surface area contributed by atoms with Gasteiger partial charge in [-0.2, -0.15) is 9.57 Å². The molecule has 6 nitrogen and oxygen atoms in total. The molecule has 1 heterocycles. The Labute approximate surface area is 117 Å². The topological polar surface area (TPSA) is 98.5 Å². The molecule has 1 aromatic carbocycles. The van der Waals surface area contributed by atoms with Crippen LogP contribution >= 0.6 is 0 Å². The fraction of sp³-hybridized carbons (Fsp3) is 0.385. The molecular weight excluding hydrogens is 280 g/mol. The molecule has 2 unspecified atom stereocenters. The minimum atomic E-state index is -3.77. The first-order valence-electron chi connectivity index (χ1n) is 6.12. The quantitative estimate of drug-likeness (QED) is 0.898. The average Bonchev–Trinajstić information content (AvgIpc) is 2.81. The van der Waals surface area contributed by atoms with Gasteiger partial charge in [-0.3, -0.25) is 4.79 Å². The molecule has 1 saturated heterocycles. The molecule has 1 aliphatic rings. The van der Waals surface area contributed by atoms with Gasteiger partial charge in [-0.25, -0.2) is 8.42 Å². The number of hydrogen-bond acceptors (Lipinski definition) is 4. The summed E-state index contributed by atoms with van der Waals surface area (Å²) in [6.45, 7) is 1.77. The molecule has 0 radical (unpaired) electrons. The van der Waals surface area contributed by atoms with E-state index in [0.29, 0.717) is 6.42 Å². The van der Waals surface area contributed by atoms with Crippen molar-refractivity contribution < 1.29 is 18.3 Å². The van der Waals surface area contributed by atoms with Gasteiger partial charge in [0.25, 0.3) is 0 Å². The molecule has 1 fully saturated rings. The Morgan fingerprint density at radius 1 is 1.50 bits per heavy atom. The molecule has 0 aromatic heterocycles. The van der Waals surface area contributed by atoms with Crippen molar-refractivity contribution in [3.05, 3.63) is 29.8 Å². The number of carboxylic acids is 1. The number of benzene rings is 1. The predicted octanol–water partition coefficient (Wildman–Crippen LogP) is 1.04. The van der Waals surface area contributed by atoms with Gasteiger partial charge in [-0.15, -0.1) is 0 Å². The minimum Gasteiger partial charge on any atom is -0.481 e. The molecule has 7 heteroatoms. The van der Waals surface area contributed by atoms with E-state index in [9.17, 15) is 13.2 Å². The van der Waals surface area contributed by atoms with Gasteiger partial charge in [0.1, 0.15) is 0 Å². The fourth-order valence-electron chi connectivity index (χ4n) is 2.44. The summed E-state index contributed by atoms with van der Waals surface area (Å²) in [5, 5.41) is 17.9. The third-order valence-corrected chi connectivity index (χ3v) is 5.57. The highest BCUT2D eigenvalue weighted by Crippen LogP contribution is 2.30. The lowest BCUT2D eigenvalue weighted by Crippen LogP contribution is -2.37. The van der Waals surface area contributed by atoms with E-state index in [4.69, 9.17) is 10.4 Å².